The van der Waals surface area contributed by atoms with Crippen LogP contribution in [0.5, 0.6) is 0 Å². The van der Waals surface area contributed by atoms with Crippen molar-refractivity contribution in [1.82, 2.24) is 0 Å². The first-order valence-corrected chi connectivity index (χ1v) is 3.25. The molecule has 1 fully saturated rings. The van der Waals surface area contributed by atoms with Gasteiger partial charge in [-0.15, -0.1) is 0 Å². The third kappa shape index (κ3) is 1.03. The van der Waals surface area contributed by atoms with Crippen molar-refractivity contribution in [3.8, 4) is 0 Å². The highest BCUT2D eigenvalue weighted by Gasteiger charge is 2.34. The van der Waals surface area contributed by atoms with Crippen LogP contribution < -0.4 is 0 Å². The van der Waals surface area contributed by atoms with E-state index in [1.54, 1.807) is 0 Å². The molecule has 0 radical (unpaired) electrons. The Morgan fingerprint density at radius 3 is 2.12 bits per heavy atom. The standard InChI is InChI=1S/C7H14O/c1-7(2)3-6(4-7)5-8/h6,8H,3-5H2,1-2H3. The van der Waals surface area contributed by atoms with Gasteiger partial charge in [0.25, 0.3) is 0 Å². The molecule has 1 heteroatoms. The first kappa shape index (κ1) is 6.09. The van der Waals surface area contributed by atoms with Crippen LogP contribution in [0.1, 0.15) is 26.7 Å². The van der Waals surface area contributed by atoms with Gasteiger partial charge in [-0.3, -0.25) is 0 Å². The molecule has 8 heavy (non-hydrogen) atoms. The van der Waals surface area contributed by atoms with Crippen LogP contribution >= 0.6 is 0 Å². The predicted molar refractivity (Wildman–Crippen MR) is 33.6 cm³/mol. The second-order valence-corrected chi connectivity index (χ2v) is 3.62. The topological polar surface area (TPSA) is 20.2 Å². The SMILES string of the molecule is CC1(C)CC(CO)C1. The Hall–Kier alpha value is -0.0400. The predicted octanol–water partition coefficient (Wildman–Crippen LogP) is 1.41. The van der Waals surface area contributed by atoms with Crippen LogP contribution in [0.25, 0.3) is 0 Å². The van der Waals surface area contributed by atoms with Crippen molar-refractivity contribution in [3.63, 3.8) is 0 Å². The molecule has 1 N–H and O–H groups in total. The lowest BCUT2D eigenvalue weighted by Gasteiger charge is -2.41. The van der Waals surface area contributed by atoms with Crippen molar-refractivity contribution in [1.29, 1.82) is 0 Å². The maximum absolute atomic E-state index is 8.62. The minimum Gasteiger partial charge on any atom is -0.396 e. The van der Waals surface area contributed by atoms with E-state index in [1.807, 2.05) is 0 Å². The summed E-state index contributed by atoms with van der Waals surface area (Å²) in [6.07, 6.45) is 2.42. The van der Waals surface area contributed by atoms with E-state index in [1.165, 1.54) is 12.8 Å². The van der Waals surface area contributed by atoms with E-state index in [0.29, 0.717) is 17.9 Å². The average molecular weight is 114 g/mol. The van der Waals surface area contributed by atoms with E-state index < -0.39 is 0 Å². The molecule has 0 spiro atoms. The summed E-state index contributed by atoms with van der Waals surface area (Å²) in [6.45, 7) is 4.89. The second kappa shape index (κ2) is 1.73. The fourth-order valence-electron chi connectivity index (χ4n) is 1.63. The van der Waals surface area contributed by atoms with Gasteiger partial charge in [0.05, 0.1) is 0 Å². The zero-order valence-corrected chi connectivity index (χ0v) is 5.65. The zero-order valence-electron chi connectivity index (χ0n) is 5.65. The van der Waals surface area contributed by atoms with Crippen molar-refractivity contribution < 1.29 is 5.11 Å². The number of hydrogen-bond donors (Lipinski definition) is 1. The first-order chi connectivity index (χ1) is 3.64. The normalized spacial score (nSPS) is 27.4. The molecule has 1 aliphatic carbocycles. The molecule has 0 aromatic rings. The van der Waals surface area contributed by atoms with Gasteiger partial charge in [-0.05, 0) is 24.2 Å². The summed E-state index contributed by atoms with van der Waals surface area (Å²) in [4.78, 5) is 0. The molecule has 48 valence electrons. The van der Waals surface area contributed by atoms with Crippen molar-refractivity contribution in [2.24, 2.45) is 11.3 Å². The van der Waals surface area contributed by atoms with E-state index >= 15 is 0 Å². The molecule has 0 saturated heterocycles. The second-order valence-electron chi connectivity index (χ2n) is 3.62. The Morgan fingerprint density at radius 1 is 1.50 bits per heavy atom. The van der Waals surface area contributed by atoms with E-state index in [4.69, 9.17) is 5.11 Å². The summed E-state index contributed by atoms with van der Waals surface area (Å²) in [5.74, 6) is 0.616. The van der Waals surface area contributed by atoms with Gasteiger partial charge in [-0.25, -0.2) is 0 Å². The molecule has 0 unspecified atom stereocenters. The smallest absolute Gasteiger partial charge is 0.0459 e. The lowest BCUT2D eigenvalue weighted by molar-refractivity contribution is 0.0465. The Morgan fingerprint density at radius 2 is 2.00 bits per heavy atom. The molecule has 0 bridgehead atoms. The molecule has 0 aliphatic heterocycles. The molecule has 1 nitrogen and oxygen atoms in total. The minimum absolute atomic E-state index is 0.392. The monoisotopic (exact) mass is 114 g/mol. The first-order valence-electron chi connectivity index (χ1n) is 3.25. The zero-order chi connectivity index (χ0) is 6.20. The Bertz CT molecular complexity index is 78.4. The summed E-state index contributed by atoms with van der Waals surface area (Å²) in [7, 11) is 0. The van der Waals surface area contributed by atoms with Gasteiger partial charge in [0, 0.05) is 6.61 Å². The van der Waals surface area contributed by atoms with Crippen LogP contribution in [0, 0.1) is 11.3 Å². The summed E-state index contributed by atoms with van der Waals surface area (Å²) in [5, 5.41) is 8.62. The lowest BCUT2D eigenvalue weighted by atomic mass is 9.65. The van der Waals surface area contributed by atoms with Crippen LogP contribution in [0.2, 0.25) is 0 Å². The van der Waals surface area contributed by atoms with E-state index in [9.17, 15) is 0 Å². The van der Waals surface area contributed by atoms with Gasteiger partial charge in [-0.2, -0.15) is 0 Å². The van der Waals surface area contributed by atoms with Crippen LogP contribution in [0.3, 0.4) is 0 Å². The van der Waals surface area contributed by atoms with Crippen molar-refractivity contribution >= 4 is 0 Å². The molecular weight excluding hydrogens is 100 g/mol. The average Bonchev–Trinajstić information content (AvgIpc) is 1.60. The maximum atomic E-state index is 8.62. The molecular formula is C7H14O. The number of rotatable bonds is 1. The van der Waals surface area contributed by atoms with Gasteiger partial charge in [0.2, 0.25) is 0 Å². The van der Waals surface area contributed by atoms with E-state index in [2.05, 4.69) is 13.8 Å². The van der Waals surface area contributed by atoms with Gasteiger partial charge >= 0.3 is 0 Å². The quantitative estimate of drug-likeness (QED) is 0.546. The lowest BCUT2D eigenvalue weighted by Crippen LogP contribution is -2.33. The Kier molecular flexibility index (Phi) is 1.31. The minimum atomic E-state index is 0.392. The summed E-state index contributed by atoms with van der Waals surface area (Å²) in [5.41, 5.74) is 0.535. The molecule has 0 aromatic carbocycles. The summed E-state index contributed by atoms with van der Waals surface area (Å²) >= 11 is 0. The number of hydrogen-bond acceptors (Lipinski definition) is 1. The highest BCUT2D eigenvalue weighted by atomic mass is 16.3. The largest absolute Gasteiger partial charge is 0.396 e. The van der Waals surface area contributed by atoms with E-state index in [-0.39, 0.29) is 0 Å². The summed E-state index contributed by atoms with van der Waals surface area (Å²) in [6, 6.07) is 0. The molecule has 1 saturated carbocycles. The molecule has 0 amide bonds. The van der Waals surface area contributed by atoms with Crippen LogP contribution in [-0.2, 0) is 0 Å². The highest BCUT2D eigenvalue weighted by molar-refractivity contribution is 4.85. The molecule has 0 heterocycles. The van der Waals surface area contributed by atoms with Crippen LogP contribution in [0.4, 0.5) is 0 Å². The number of aliphatic hydroxyl groups is 1. The highest BCUT2D eigenvalue weighted by Crippen LogP contribution is 2.44. The van der Waals surface area contributed by atoms with Gasteiger partial charge in [0.15, 0.2) is 0 Å². The molecule has 0 atom stereocenters. The van der Waals surface area contributed by atoms with Crippen molar-refractivity contribution in [2.45, 2.75) is 26.7 Å². The molecule has 1 rings (SSSR count). The van der Waals surface area contributed by atoms with Crippen LogP contribution in [-0.4, -0.2) is 11.7 Å². The fourth-order valence-corrected chi connectivity index (χ4v) is 1.63. The third-order valence-corrected chi connectivity index (χ3v) is 1.94. The molecule has 0 aromatic heterocycles. The fraction of sp³-hybridized carbons (Fsp3) is 1.00. The summed E-state index contributed by atoms with van der Waals surface area (Å²) < 4.78 is 0. The van der Waals surface area contributed by atoms with Crippen molar-refractivity contribution in [3.05, 3.63) is 0 Å². The third-order valence-electron chi connectivity index (χ3n) is 1.94. The van der Waals surface area contributed by atoms with Gasteiger partial charge in [-0.1, -0.05) is 13.8 Å². The van der Waals surface area contributed by atoms with Gasteiger partial charge in [0.1, 0.15) is 0 Å². The van der Waals surface area contributed by atoms with Gasteiger partial charge < -0.3 is 5.11 Å². The van der Waals surface area contributed by atoms with Crippen molar-refractivity contribution in [2.75, 3.05) is 6.61 Å². The Balaban J connectivity index is 2.21. The maximum Gasteiger partial charge on any atom is 0.0459 e. The Labute approximate surface area is 50.7 Å². The number of aliphatic hydroxyl groups excluding tert-OH is 1. The van der Waals surface area contributed by atoms with E-state index in [0.717, 1.165) is 0 Å². The van der Waals surface area contributed by atoms with Crippen LogP contribution in [0.15, 0.2) is 0 Å². The molecule has 1 aliphatic rings.